The maximum absolute atomic E-state index is 13.5. The zero-order valence-electron chi connectivity index (χ0n) is 10.8. The van der Waals surface area contributed by atoms with Gasteiger partial charge in [-0.3, -0.25) is 14.6 Å². The summed E-state index contributed by atoms with van der Waals surface area (Å²) in [6.07, 6.45) is 4.98. The van der Waals surface area contributed by atoms with Crippen LogP contribution in [0.2, 0.25) is 0 Å². The maximum atomic E-state index is 13.5. The van der Waals surface area contributed by atoms with E-state index < -0.39 is 29.7 Å². The number of carboxylic acids is 1. The van der Waals surface area contributed by atoms with E-state index in [1.807, 2.05) is 0 Å². The first kappa shape index (κ1) is 13.0. The van der Waals surface area contributed by atoms with Gasteiger partial charge in [0.15, 0.2) is 5.82 Å². The smallest absolute Gasteiger partial charge is 0.308 e. The summed E-state index contributed by atoms with van der Waals surface area (Å²) < 4.78 is 13.5. The van der Waals surface area contributed by atoms with E-state index in [1.54, 1.807) is 0 Å². The van der Waals surface area contributed by atoms with E-state index in [0.717, 1.165) is 25.5 Å². The monoisotopic (exact) mass is 278 g/mol. The fraction of sp³-hybridized carbons (Fsp3) is 0.500. The molecule has 4 atom stereocenters. The summed E-state index contributed by atoms with van der Waals surface area (Å²) in [4.78, 5) is 27.0. The number of nitrogens with one attached hydrogen (secondary N) is 1. The molecule has 106 valence electrons. The zero-order valence-corrected chi connectivity index (χ0v) is 10.8. The van der Waals surface area contributed by atoms with E-state index in [2.05, 4.69) is 10.3 Å². The van der Waals surface area contributed by atoms with Gasteiger partial charge in [0.05, 0.1) is 17.7 Å². The number of carbonyl (C=O) groups is 2. The Morgan fingerprint density at radius 1 is 1.35 bits per heavy atom. The van der Waals surface area contributed by atoms with Gasteiger partial charge in [-0.15, -0.1) is 0 Å². The van der Waals surface area contributed by atoms with Crippen molar-refractivity contribution in [3.63, 3.8) is 0 Å². The van der Waals surface area contributed by atoms with Gasteiger partial charge in [0.1, 0.15) is 0 Å². The Balaban J connectivity index is 1.79. The average molecular weight is 278 g/mol. The van der Waals surface area contributed by atoms with Crippen molar-refractivity contribution in [3.05, 3.63) is 29.8 Å². The van der Waals surface area contributed by atoms with Gasteiger partial charge in [0.25, 0.3) is 5.91 Å². The summed E-state index contributed by atoms with van der Waals surface area (Å²) >= 11 is 0. The van der Waals surface area contributed by atoms with Gasteiger partial charge in [0, 0.05) is 12.2 Å². The summed E-state index contributed by atoms with van der Waals surface area (Å²) in [7, 11) is 0. The molecule has 2 aliphatic carbocycles. The molecule has 5 nitrogen and oxygen atoms in total. The second-order valence-electron chi connectivity index (χ2n) is 5.55. The SMILES string of the molecule is O=C(NC1C2CCC(C2)C1C(=O)O)c1ccncc1F. The van der Waals surface area contributed by atoms with Gasteiger partial charge >= 0.3 is 5.97 Å². The number of halogens is 1. The Labute approximate surface area is 115 Å². The summed E-state index contributed by atoms with van der Waals surface area (Å²) in [6.45, 7) is 0. The number of carboxylic acid groups (broad SMARTS) is 1. The quantitative estimate of drug-likeness (QED) is 0.877. The number of hydrogen-bond donors (Lipinski definition) is 2. The van der Waals surface area contributed by atoms with Crippen molar-refractivity contribution >= 4 is 11.9 Å². The van der Waals surface area contributed by atoms with Crippen LogP contribution in [0.25, 0.3) is 0 Å². The van der Waals surface area contributed by atoms with E-state index in [0.29, 0.717) is 0 Å². The predicted molar refractivity (Wildman–Crippen MR) is 67.4 cm³/mol. The van der Waals surface area contributed by atoms with E-state index in [4.69, 9.17) is 0 Å². The third-order valence-corrected chi connectivity index (χ3v) is 4.52. The lowest BCUT2D eigenvalue weighted by molar-refractivity contribution is -0.144. The third-order valence-electron chi connectivity index (χ3n) is 4.52. The Morgan fingerprint density at radius 3 is 2.80 bits per heavy atom. The van der Waals surface area contributed by atoms with Crippen molar-refractivity contribution in [2.75, 3.05) is 0 Å². The second kappa shape index (κ2) is 4.85. The molecule has 1 aromatic rings. The molecule has 3 rings (SSSR count). The van der Waals surface area contributed by atoms with Gasteiger partial charge in [-0.2, -0.15) is 0 Å². The Morgan fingerprint density at radius 2 is 2.10 bits per heavy atom. The highest BCUT2D eigenvalue weighted by molar-refractivity contribution is 5.95. The van der Waals surface area contributed by atoms with E-state index in [1.165, 1.54) is 12.3 Å². The number of carbonyl (C=O) groups excluding carboxylic acids is 1. The third kappa shape index (κ3) is 2.05. The van der Waals surface area contributed by atoms with Crippen molar-refractivity contribution in [1.29, 1.82) is 0 Å². The largest absolute Gasteiger partial charge is 0.481 e. The van der Waals surface area contributed by atoms with Crippen LogP contribution in [-0.2, 0) is 4.79 Å². The highest BCUT2D eigenvalue weighted by atomic mass is 19.1. The molecule has 1 amide bonds. The highest BCUT2D eigenvalue weighted by Gasteiger charge is 2.51. The van der Waals surface area contributed by atoms with E-state index >= 15 is 0 Å². The van der Waals surface area contributed by atoms with Crippen molar-refractivity contribution in [2.45, 2.75) is 25.3 Å². The molecule has 2 bridgehead atoms. The first-order valence-electron chi connectivity index (χ1n) is 6.71. The lowest BCUT2D eigenvalue weighted by Gasteiger charge is -2.28. The maximum Gasteiger partial charge on any atom is 0.308 e. The molecule has 2 fully saturated rings. The number of aliphatic carboxylic acids is 1. The molecular weight excluding hydrogens is 263 g/mol. The van der Waals surface area contributed by atoms with Crippen molar-refractivity contribution in [3.8, 4) is 0 Å². The van der Waals surface area contributed by atoms with Gasteiger partial charge in [-0.1, -0.05) is 0 Å². The molecule has 1 heterocycles. The van der Waals surface area contributed by atoms with Crippen molar-refractivity contribution in [1.82, 2.24) is 10.3 Å². The lowest BCUT2D eigenvalue weighted by Crippen LogP contribution is -2.47. The van der Waals surface area contributed by atoms with Crippen LogP contribution in [-0.4, -0.2) is 28.0 Å². The number of nitrogens with zero attached hydrogens (tertiary/aromatic N) is 1. The minimum Gasteiger partial charge on any atom is -0.481 e. The van der Waals surface area contributed by atoms with E-state index in [-0.39, 0.29) is 17.4 Å². The molecule has 0 spiro atoms. The minimum atomic E-state index is -0.877. The van der Waals surface area contributed by atoms with Crippen LogP contribution in [0.3, 0.4) is 0 Å². The van der Waals surface area contributed by atoms with Crippen LogP contribution >= 0.6 is 0 Å². The molecule has 20 heavy (non-hydrogen) atoms. The van der Waals surface area contributed by atoms with Crippen LogP contribution in [0.4, 0.5) is 4.39 Å². The molecule has 0 aliphatic heterocycles. The fourth-order valence-electron chi connectivity index (χ4n) is 3.64. The van der Waals surface area contributed by atoms with E-state index in [9.17, 15) is 19.1 Å². The van der Waals surface area contributed by atoms with Crippen LogP contribution in [0.15, 0.2) is 18.5 Å². The van der Waals surface area contributed by atoms with Gasteiger partial charge < -0.3 is 10.4 Å². The van der Waals surface area contributed by atoms with Crippen LogP contribution in [0.5, 0.6) is 0 Å². The first-order chi connectivity index (χ1) is 9.58. The summed E-state index contributed by atoms with van der Waals surface area (Å²) in [5.41, 5.74) is -0.0908. The Bertz CT molecular complexity index is 563. The molecule has 0 radical (unpaired) electrons. The number of pyridine rings is 1. The predicted octanol–water partition coefficient (Wildman–Crippen LogP) is 1.45. The Kier molecular flexibility index (Phi) is 3.16. The van der Waals surface area contributed by atoms with Crippen molar-refractivity contribution < 1.29 is 19.1 Å². The molecule has 1 aromatic heterocycles. The first-order valence-corrected chi connectivity index (χ1v) is 6.71. The summed E-state index contributed by atoms with van der Waals surface area (Å²) in [5.74, 6) is -2.37. The van der Waals surface area contributed by atoms with Crippen LogP contribution < -0.4 is 5.32 Å². The average Bonchev–Trinajstić information content (AvgIpc) is 2.99. The number of aromatic nitrogens is 1. The summed E-state index contributed by atoms with van der Waals surface area (Å²) in [5, 5.41) is 12.0. The molecule has 6 heteroatoms. The van der Waals surface area contributed by atoms with Gasteiger partial charge in [0.2, 0.25) is 0 Å². The van der Waals surface area contributed by atoms with Crippen molar-refractivity contribution in [2.24, 2.45) is 17.8 Å². The minimum absolute atomic E-state index is 0.0908. The zero-order chi connectivity index (χ0) is 14.3. The molecular formula is C14H15FN2O3. The molecule has 0 saturated heterocycles. The number of hydrogen-bond acceptors (Lipinski definition) is 3. The molecule has 2 N–H and O–H groups in total. The molecule has 4 unspecified atom stereocenters. The highest BCUT2D eigenvalue weighted by Crippen LogP contribution is 2.48. The normalized spacial score (nSPS) is 31.2. The number of fused-ring (bicyclic) bond motifs is 2. The summed E-state index contributed by atoms with van der Waals surface area (Å²) in [6, 6.07) is 0.902. The van der Waals surface area contributed by atoms with Gasteiger partial charge in [-0.25, -0.2) is 4.39 Å². The topological polar surface area (TPSA) is 79.3 Å². The molecule has 0 aromatic carbocycles. The van der Waals surface area contributed by atoms with Crippen LogP contribution in [0, 0.1) is 23.6 Å². The fourth-order valence-corrected chi connectivity index (χ4v) is 3.64. The second-order valence-corrected chi connectivity index (χ2v) is 5.55. The molecule has 2 saturated carbocycles. The van der Waals surface area contributed by atoms with Crippen LogP contribution in [0.1, 0.15) is 29.6 Å². The number of amides is 1. The Hall–Kier alpha value is -1.98. The molecule has 2 aliphatic rings. The standard InChI is InChI=1S/C14H15FN2O3/c15-10-6-16-4-3-9(10)13(18)17-12-8-2-1-7(5-8)11(12)14(19)20/h3-4,6-8,11-12H,1-2,5H2,(H,17,18)(H,19,20). The number of rotatable bonds is 3. The lowest BCUT2D eigenvalue weighted by atomic mass is 9.84. The van der Waals surface area contributed by atoms with Gasteiger partial charge in [-0.05, 0) is 37.2 Å².